The van der Waals surface area contributed by atoms with Crippen molar-refractivity contribution < 1.29 is 22.7 Å². The molecule has 11 nitrogen and oxygen atoms in total. The van der Waals surface area contributed by atoms with Crippen molar-refractivity contribution in [1.82, 2.24) is 18.8 Å². The number of halogens is 2. The monoisotopic (exact) mass is 586 g/mol. The van der Waals surface area contributed by atoms with Gasteiger partial charge >= 0.3 is 5.69 Å². The lowest BCUT2D eigenvalue weighted by molar-refractivity contribution is -0.123. The number of hydrogen-bond acceptors (Lipinski definition) is 8. The maximum Gasteiger partial charge on any atom is 0.332 e. The number of carbonyl (C=O) groups excluding carboxylic acids is 1. The minimum absolute atomic E-state index is 0.0456. The van der Waals surface area contributed by atoms with Crippen molar-refractivity contribution >= 4 is 40.3 Å². The van der Waals surface area contributed by atoms with Crippen LogP contribution >= 0.6 is 11.6 Å². The van der Waals surface area contributed by atoms with E-state index in [0.717, 1.165) is 4.57 Å². The minimum Gasteiger partial charge on any atom is -0.755 e. The third-order valence-corrected chi connectivity index (χ3v) is 6.31. The molecule has 0 saturated heterocycles. The summed E-state index contributed by atoms with van der Waals surface area (Å²) in [5, 5.41) is 3.54. The summed E-state index contributed by atoms with van der Waals surface area (Å²) in [4.78, 5) is 42.3. The molecule has 0 aliphatic carbocycles. The van der Waals surface area contributed by atoms with E-state index in [2.05, 4.69) is 10.3 Å². The highest BCUT2D eigenvalue weighted by Gasteiger charge is 2.19. The van der Waals surface area contributed by atoms with E-state index < -0.39 is 40.2 Å². The van der Waals surface area contributed by atoms with Crippen LogP contribution in [0, 0.1) is 11.7 Å². The number of carbonyl (C=O) groups is 1. The second-order valence-corrected chi connectivity index (χ2v) is 9.73. The predicted octanol–water partition coefficient (Wildman–Crippen LogP) is 3.33. The third kappa shape index (κ3) is 7.20. The number of pyridine rings is 1. The van der Waals surface area contributed by atoms with Crippen molar-refractivity contribution in [1.29, 1.82) is 0 Å². The summed E-state index contributed by atoms with van der Waals surface area (Å²) < 4.78 is 44.8. The molecule has 208 valence electrons. The molecule has 2 atom stereocenters. The fraction of sp³-hybridized carbons (Fsp3) is 0.154. The van der Waals surface area contributed by atoms with Crippen LogP contribution < -0.4 is 26.0 Å². The van der Waals surface area contributed by atoms with Gasteiger partial charge in [0.25, 0.3) is 11.4 Å². The molecular weight excluding hydrogens is 565 g/mol. The predicted molar refractivity (Wildman–Crippen MR) is 146 cm³/mol. The third-order valence-electron chi connectivity index (χ3n) is 5.69. The van der Waals surface area contributed by atoms with E-state index in [9.17, 15) is 27.5 Å². The highest BCUT2D eigenvalue weighted by Crippen LogP contribution is 2.25. The number of nitrogens with zero attached hydrogens (tertiary/aromatic N) is 3. The Balaban J connectivity index is 1.65. The van der Waals surface area contributed by atoms with E-state index in [1.807, 2.05) is 0 Å². The standard InChI is InChI=1S/C26H23ClFN5O6S/c1-16(24(35)31-40(37)38)14-33-23(34)13-22(32(26(33)36)15-17-4-6-18(27)7-5-17)30-19-8-10-20(11-9-19)39-25-21(28)3-2-12-29-25/h2-13,16,30H,14-15H2,1H3,(H,31,35)(H,37,38)/p-1. The van der Waals surface area contributed by atoms with Gasteiger partial charge in [0.1, 0.15) is 11.6 Å². The molecule has 0 spiro atoms. The second kappa shape index (κ2) is 12.7. The zero-order chi connectivity index (χ0) is 28.8. The normalized spacial score (nSPS) is 12.4. The Morgan fingerprint density at radius 1 is 1.12 bits per heavy atom. The Kier molecular flexibility index (Phi) is 9.09. The van der Waals surface area contributed by atoms with Crippen molar-refractivity contribution in [2.45, 2.75) is 20.0 Å². The van der Waals surface area contributed by atoms with Crippen LogP contribution in [-0.2, 0) is 29.2 Å². The molecule has 4 rings (SSSR count). The van der Waals surface area contributed by atoms with E-state index in [-0.39, 0.29) is 24.8 Å². The molecule has 2 heterocycles. The first-order valence-electron chi connectivity index (χ1n) is 11.7. The number of amides is 1. The Morgan fingerprint density at radius 3 is 2.48 bits per heavy atom. The van der Waals surface area contributed by atoms with Crippen molar-refractivity contribution in [2.24, 2.45) is 5.92 Å². The van der Waals surface area contributed by atoms with E-state index in [0.29, 0.717) is 22.0 Å². The van der Waals surface area contributed by atoms with Gasteiger partial charge in [0, 0.05) is 40.8 Å². The van der Waals surface area contributed by atoms with Gasteiger partial charge in [-0.2, -0.15) is 0 Å². The van der Waals surface area contributed by atoms with Gasteiger partial charge in [-0.05, 0) is 54.1 Å². The Bertz CT molecular complexity index is 1660. The topological polar surface area (TPSA) is 147 Å². The summed E-state index contributed by atoms with van der Waals surface area (Å²) in [7, 11) is 0. The largest absolute Gasteiger partial charge is 0.755 e. The molecule has 0 bridgehead atoms. The average Bonchev–Trinajstić information content (AvgIpc) is 2.91. The zero-order valence-electron chi connectivity index (χ0n) is 20.9. The molecule has 0 fully saturated rings. The van der Waals surface area contributed by atoms with Crippen LogP contribution in [0.25, 0.3) is 0 Å². The number of nitrogens with one attached hydrogen (secondary N) is 2. The van der Waals surface area contributed by atoms with Gasteiger partial charge in [-0.15, -0.1) is 0 Å². The summed E-state index contributed by atoms with van der Waals surface area (Å²) in [6, 6.07) is 16.9. The molecule has 0 radical (unpaired) electrons. The van der Waals surface area contributed by atoms with Crippen LogP contribution in [0.3, 0.4) is 0 Å². The number of aromatic nitrogens is 3. The smallest absolute Gasteiger partial charge is 0.332 e. The molecule has 0 saturated carbocycles. The molecule has 2 N–H and O–H groups in total. The van der Waals surface area contributed by atoms with Gasteiger partial charge in [0.2, 0.25) is 5.91 Å². The first-order chi connectivity index (χ1) is 19.1. The van der Waals surface area contributed by atoms with Crippen molar-refractivity contribution in [3.05, 3.63) is 110 Å². The molecule has 40 heavy (non-hydrogen) atoms. The van der Waals surface area contributed by atoms with Crippen LogP contribution in [0.1, 0.15) is 12.5 Å². The average molecular weight is 587 g/mol. The first kappa shape index (κ1) is 28.7. The summed E-state index contributed by atoms with van der Waals surface area (Å²) in [6.45, 7) is 1.09. The van der Waals surface area contributed by atoms with Gasteiger partial charge in [0.15, 0.2) is 5.82 Å². The van der Waals surface area contributed by atoms with Crippen molar-refractivity contribution in [2.75, 3.05) is 5.32 Å². The number of benzene rings is 2. The van der Waals surface area contributed by atoms with Crippen LogP contribution in [0.15, 0.2) is 82.5 Å². The maximum absolute atomic E-state index is 13.9. The molecule has 14 heteroatoms. The summed E-state index contributed by atoms with van der Waals surface area (Å²) >= 11 is 3.15. The molecule has 0 aliphatic heterocycles. The molecule has 0 aliphatic rings. The number of ether oxygens (including phenoxy) is 1. The van der Waals surface area contributed by atoms with Crippen LogP contribution in [-0.4, -0.2) is 28.8 Å². The molecule has 1 amide bonds. The van der Waals surface area contributed by atoms with Gasteiger partial charge in [-0.1, -0.05) is 30.7 Å². The van der Waals surface area contributed by atoms with Gasteiger partial charge in [-0.25, -0.2) is 14.2 Å². The quantitative estimate of drug-likeness (QED) is 0.269. The van der Waals surface area contributed by atoms with E-state index in [1.54, 1.807) is 53.3 Å². The van der Waals surface area contributed by atoms with Gasteiger partial charge in [-0.3, -0.25) is 27.7 Å². The summed E-state index contributed by atoms with van der Waals surface area (Å²) in [6.07, 6.45) is 1.40. The number of anilines is 2. The lowest BCUT2D eigenvalue weighted by atomic mass is 10.1. The zero-order valence-corrected chi connectivity index (χ0v) is 22.4. The SMILES string of the molecule is CC(Cn1c(=O)cc(Nc2ccc(Oc3ncccc3F)cc2)n(Cc2ccc(Cl)cc2)c1=O)C(=O)NS(=O)[O-]. The van der Waals surface area contributed by atoms with Crippen molar-refractivity contribution in [3.63, 3.8) is 0 Å². The molecule has 4 aromatic rings. The Morgan fingerprint density at radius 2 is 1.82 bits per heavy atom. The van der Waals surface area contributed by atoms with Crippen LogP contribution in [0.2, 0.25) is 5.02 Å². The number of hydrogen-bond donors (Lipinski definition) is 2. The second-order valence-electron chi connectivity index (χ2n) is 8.62. The highest BCUT2D eigenvalue weighted by atomic mass is 35.5. The molecule has 2 aromatic heterocycles. The lowest BCUT2D eigenvalue weighted by Crippen LogP contribution is -2.44. The first-order valence-corrected chi connectivity index (χ1v) is 13.2. The summed E-state index contributed by atoms with van der Waals surface area (Å²) in [5.74, 6) is -2.20. The van der Waals surface area contributed by atoms with Crippen molar-refractivity contribution in [3.8, 4) is 11.6 Å². The van der Waals surface area contributed by atoms with E-state index in [4.69, 9.17) is 16.3 Å². The van der Waals surface area contributed by atoms with E-state index >= 15 is 0 Å². The Hall–Kier alpha value is -4.33. The van der Waals surface area contributed by atoms with Crippen LogP contribution in [0.4, 0.5) is 15.9 Å². The minimum atomic E-state index is -2.83. The van der Waals surface area contributed by atoms with Crippen LogP contribution in [0.5, 0.6) is 11.6 Å². The lowest BCUT2D eigenvalue weighted by Gasteiger charge is -2.19. The number of rotatable bonds is 10. The molecule has 2 aromatic carbocycles. The van der Waals surface area contributed by atoms with Gasteiger partial charge in [0.05, 0.1) is 12.5 Å². The Labute approximate surface area is 234 Å². The van der Waals surface area contributed by atoms with E-state index in [1.165, 1.54) is 35.9 Å². The molecule has 2 unspecified atom stereocenters. The molecular formula is C26H22ClFN5O6S-. The maximum atomic E-state index is 13.9. The highest BCUT2D eigenvalue weighted by molar-refractivity contribution is 7.77. The van der Waals surface area contributed by atoms with Gasteiger partial charge < -0.3 is 14.6 Å². The fourth-order valence-electron chi connectivity index (χ4n) is 3.66. The summed E-state index contributed by atoms with van der Waals surface area (Å²) in [5.41, 5.74) is -0.235. The fourth-order valence-corrected chi connectivity index (χ4v) is 4.16.